The van der Waals surface area contributed by atoms with E-state index in [-0.39, 0.29) is 5.75 Å². The summed E-state index contributed by atoms with van der Waals surface area (Å²) < 4.78 is 0. The first kappa shape index (κ1) is 12.0. The fraction of sp³-hybridized carbons (Fsp3) is 0.0526. The van der Waals surface area contributed by atoms with E-state index in [2.05, 4.69) is 24.3 Å². The molecule has 3 aromatic carbocycles. The third-order valence-corrected chi connectivity index (χ3v) is 4.18. The Morgan fingerprint density at radius 3 is 2.38 bits per heavy atom. The van der Waals surface area contributed by atoms with Crippen molar-refractivity contribution >= 4 is 5.69 Å². The van der Waals surface area contributed by atoms with Crippen LogP contribution in [0.25, 0.3) is 22.3 Å². The Hall–Kier alpha value is -2.74. The first-order valence-electron chi connectivity index (χ1n) is 7.03. The van der Waals surface area contributed by atoms with E-state index in [0.29, 0.717) is 5.69 Å². The van der Waals surface area contributed by atoms with Gasteiger partial charge < -0.3 is 10.8 Å². The molecule has 2 nitrogen and oxygen atoms in total. The van der Waals surface area contributed by atoms with E-state index in [4.69, 9.17) is 5.73 Å². The molecular weight excluding hydrogens is 258 g/mol. The molecule has 0 amide bonds. The Bertz CT molecular complexity index is 838. The van der Waals surface area contributed by atoms with Gasteiger partial charge in [0, 0.05) is 5.56 Å². The van der Waals surface area contributed by atoms with Crippen molar-refractivity contribution in [1.29, 1.82) is 0 Å². The van der Waals surface area contributed by atoms with Crippen molar-refractivity contribution in [2.45, 2.75) is 6.42 Å². The first-order chi connectivity index (χ1) is 10.3. The molecule has 102 valence electrons. The van der Waals surface area contributed by atoms with Crippen LogP contribution < -0.4 is 5.73 Å². The maximum atomic E-state index is 10.4. The molecule has 2 heteroatoms. The topological polar surface area (TPSA) is 46.2 Å². The van der Waals surface area contributed by atoms with Gasteiger partial charge >= 0.3 is 0 Å². The van der Waals surface area contributed by atoms with Crippen LogP contribution in [0.3, 0.4) is 0 Å². The van der Waals surface area contributed by atoms with Gasteiger partial charge in [-0.25, -0.2) is 0 Å². The Morgan fingerprint density at radius 2 is 1.57 bits per heavy atom. The molecule has 4 rings (SSSR count). The van der Waals surface area contributed by atoms with Gasteiger partial charge in [0.25, 0.3) is 0 Å². The van der Waals surface area contributed by atoms with Gasteiger partial charge in [-0.1, -0.05) is 54.6 Å². The van der Waals surface area contributed by atoms with Gasteiger partial charge in [0.15, 0.2) is 0 Å². The lowest BCUT2D eigenvalue weighted by Crippen LogP contribution is -1.94. The number of aromatic hydroxyl groups is 1. The van der Waals surface area contributed by atoms with Gasteiger partial charge in [-0.2, -0.15) is 0 Å². The Kier molecular flexibility index (Phi) is 2.51. The molecule has 3 N–H and O–H groups in total. The van der Waals surface area contributed by atoms with Gasteiger partial charge in [-0.15, -0.1) is 0 Å². The lowest BCUT2D eigenvalue weighted by Gasteiger charge is -2.13. The first-order valence-corrected chi connectivity index (χ1v) is 7.03. The van der Waals surface area contributed by atoms with Crippen LogP contribution in [0.2, 0.25) is 0 Å². The zero-order chi connectivity index (χ0) is 14.4. The third-order valence-electron chi connectivity index (χ3n) is 4.18. The minimum Gasteiger partial charge on any atom is -0.505 e. The van der Waals surface area contributed by atoms with Crippen molar-refractivity contribution in [3.05, 3.63) is 71.8 Å². The summed E-state index contributed by atoms with van der Waals surface area (Å²) in [6.07, 6.45) is 0.837. The van der Waals surface area contributed by atoms with Gasteiger partial charge in [-0.3, -0.25) is 0 Å². The van der Waals surface area contributed by atoms with Crippen molar-refractivity contribution in [3.63, 3.8) is 0 Å². The smallest absolute Gasteiger partial charge is 0.146 e. The number of benzene rings is 3. The molecule has 1 aliphatic carbocycles. The van der Waals surface area contributed by atoms with Crippen molar-refractivity contribution in [2.75, 3.05) is 5.73 Å². The summed E-state index contributed by atoms with van der Waals surface area (Å²) in [6, 6.07) is 20.3. The molecule has 0 aromatic heterocycles. The van der Waals surface area contributed by atoms with Crippen LogP contribution in [-0.4, -0.2) is 5.11 Å². The van der Waals surface area contributed by atoms with Gasteiger partial charge in [0.05, 0.1) is 5.69 Å². The SMILES string of the molecule is Nc1cc(-c2ccccc2)c2c(c1O)-c1ccccc1C2. The fourth-order valence-electron chi connectivity index (χ4n) is 3.19. The number of anilines is 1. The molecule has 0 atom stereocenters. The minimum atomic E-state index is 0.203. The third kappa shape index (κ3) is 1.73. The Morgan fingerprint density at radius 1 is 0.857 bits per heavy atom. The molecule has 0 unspecified atom stereocenters. The molecule has 0 fully saturated rings. The summed E-state index contributed by atoms with van der Waals surface area (Å²) >= 11 is 0. The second kappa shape index (κ2) is 4.38. The number of phenols is 1. The molecule has 0 aliphatic heterocycles. The average molecular weight is 273 g/mol. The van der Waals surface area contributed by atoms with Crippen LogP contribution in [0.5, 0.6) is 5.75 Å². The largest absolute Gasteiger partial charge is 0.505 e. The number of rotatable bonds is 1. The molecule has 1 aliphatic rings. The van der Waals surface area contributed by atoms with Crippen molar-refractivity contribution in [1.82, 2.24) is 0 Å². The van der Waals surface area contributed by atoms with Crippen molar-refractivity contribution in [3.8, 4) is 28.0 Å². The van der Waals surface area contributed by atoms with E-state index in [1.54, 1.807) is 0 Å². The molecule has 0 spiro atoms. The van der Waals surface area contributed by atoms with E-state index >= 15 is 0 Å². The predicted octanol–water partition coefficient (Wildman–Crippen LogP) is 4.21. The summed E-state index contributed by atoms with van der Waals surface area (Å²) in [4.78, 5) is 0. The maximum Gasteiger partial charge on any atom is 0.146 e. The van der Waals surface area contributed by atoms with Crippen LogP contribution in [0.15, 0.2) is 60.7 Å². The number of fused-ring (bicyclic) bond motifs is 3. The molecule has 0 heterocycles. The average Bonchev–Trinajstić information content (AvgIpc) is 2.91. The Balaban J connectivity index is 2.04. The zero-order valence-electron chi connectivity index (χ0n) is 11.5. The highest BCUT2D eigenvalue weighted by Gasteiger charge is 2.26. The van der Waals surface area contributed by atoms with E-state index in [9.17, 15) is 5.11 Å². The summed E-state index contributed by atoms with van der Waals surface area (Å²) in [6.45, 7) is 0. The van der Waals surface area contributed by atoms with E-state index in [1.807, 2.05) is 36.4 Å². The monoisotopic (exact) mass is 273 g/mol. The molecule has 0 bridgehead atoms. The molecule has 21 heavy (non-hydrogen) atoms. The quantitative estimate of drug-likeness (QED) is 0.403. The molecular formula is C19H15NO. The predicted molar refractivity (Wildman–Crippen MR) is 86.2 cm³/mol. The van der Waals surface area contributed by atoms with Crippen molar-refractivity contribution in [2.24, 2.45) is 0 Å². The van der Waals surface area contributed by atoms with Crippen LogP contribution in [0, 0.1) is 0 Å². The lowest BCUT2D eigenvalue weighted by atomic mass is 9.94. The summed E-state index contributed by atoms with van der Waals surface area (Å²) in [7, 11) is 0. The minimum absolute atomic E-state index is 0.203. The standard InChI is InChI=1S/C19H15NO/c20-17-11-15(12-6-2-1-3-7-12)16-10-13-8-4-5-9-14(13)18(16)19(17)21/h1-9,11,21H,10,20H2. The highest BCUT2D eigenvalue weighted by atomic mass is 16.3. The number of nitrogens with two attached hydrogens (primary N) is 1. The summed E-state index contributed by atoms with van der Waals surface area (Å²) in [5.41, 5.74) is 13.1. The van der Waals surface area contributed by atoms with E-state index in [0.717, 1.165) is 34.2 Å². The van der Waals surface area contributed by atoms with E-state index < -0.39 is 0 Å². The van der Waals surface area contributed by atoms with Gasteiger partial charge in [0.2, 0.25) is 0 Å². The number of hydrogen-bond acceptors (Lipinski definition) is 2. The zero-order valence-corrected chi connectivity index (χ0v) is 11.5. The fourth-order valence-corrected chi connectivity index (χ4v) is 3.19. The van der Waals surface area contributed by atoms with Gasteiger partial charge in [0.1, 0.15) is 5.75 Å². The lowest BCUT2D eigenvalue weighted by molar-refractivity contribution is 0.480. The van der Waals surface area contributed by atoms with Crippen molar-refractivity contribution < 1.29 is 5.11 Å². The second-order valence-corrected chi connectivity index (χ2v) is 5.42. The summed E-state index contributed by atoms with van der Waals surface area (Å²) in [5.74, 6) is 0.203. The molecule has 0 radical (unpaired) electrons. The maximum absolute atomic E-state index is 10.4. The highest BCUT2D eigenvalue weighted by Crippen LogP contribution is 2.48. The molecule has 0 saturated carbocycles. The van der Waals surface area contributed by atoms with Crippen LogP contribution in [0.4, 0.5) is 5.69 Å². The summed E-state index contributed by atoms with van der Waals surface area (Å²) in [5, 5.41) is 10.4. The highest BCUT2D eigenvalue weighted by molar-refractivity contribution is 5.92. The normalized spacial score (nSPS) is 12.0. The molecule has 0 saturated heterocycles. The molecule has 3 aromatic rings. The number of nitrogen functional groups attached to an aromatic ring is 1. The van der Waals surface area contributed by atoms with Crippen LogP contribution >= 0.6 is 0 Å². The van der Waals surface area contributed by atoms with Crippen LogP contribution in [-0.2, 0) is 6.42 Å². The number of hydrogen-bond donors (Lipinski definition) is 2. The van der Waals surface area contributed by atoms with E-state index in [1.165, 1.54) is 5.56 Å². The van der Waals surface area contributed by atoms with Crippen LogP contribution in [0.1, 0.15) is 11.1 Å². The second-order valence-electron chi connectivity index (χ2n) is 5.42. The van der Waals surface area contributed by atoms with Gasteiger partial charge in [-0.05, 0) is 40.3 Å². The number of phenolic OH excluding ortho intramolecular Hbond substituents is 1. The Labute approximate surface area is 123 Å².